The molecule has 27 heavy (non-hydrogen) atoms. The summed E-state index contributed by atoms with van der Waals surface area (Å²) in [5, 5.41) is 5.91. The maximum absolute atomic E-state index is 12.1. The fraction of sp³-hybridized carbons (Fsp3) is 0.278. The zero-order valence-corrected chi connectivity index (χ0v) is 16.3. The average molecular weight is 405 g/mol. The Balaban J connectivity index is 1.75. The second kappa shape index (κ2) is 6.31. The zero-order chi connectivity index (χ0) is 19.3. The van der Waals surface area contributed by atoms with Gasteiger partial charge < -0.3 is 0 Å². The number of hydrogen-bond acceptors (Lipinski definition) is 5. The number of aromatic nitrogens is 3. The van der Waals surface area contributed by atoms with E-state index in [1.54, 1.807) is 29.1 Å². The lowest BCUT2D eigenvalue weighted by molar-refractivity contribution is 0.0982. The monoisotopic (exact) mass is 404 g/mol. The highest BCUT2D eigenvalue weighted by Gasteiger charge is 2.27. The molecule has 7 nitrogen and oxygen atoms in total. The number of hydrogen-bond donors (Lipinski definition) is 1. The first-order chi connectivity index (χ1) is 12.7. The van der Waals surface area contributed by atoms with E-state index in [9.17, 15) is 13.2 Å². The minimum Gasteiger partial charge on any atom is -0.268 e. The second-order valence-corrected chi connectivity index (χ2v) is 8.92. The fourth-order valence-corrected chi connectivity index (χ4v) is 3.81. The predicted molar refractivity (Wildman–Crippen MR) is 103 cm³/mol. The maximum atomic E-state index is 12.1. The molecule has 0 aliphatic heterocycles. The molecular weight excluding hydrogens is 388 g/mol. The third-order valence-corrected chi connectivity index (χ3v) is 5.33. The molecule has 9 heteroatoms. The van der Waals surface area contributed by atoms with E-state index in [4.69, 9.17) is 11.6 Å². The molecule has 1 aliphatic carbocycles. The number of carbonyl (C=O) groups is 1. The Labute approximate surface area is 161 Å². The molecule has 4 rings (SSSR count). The van der Waals surface area contributed by atoms with E-state index < -0.39 is 15.9 Å². The van der Waals surface area contributed by atoms with Crippen molar-refractivity contribution in [1.29, 1.82) is 0 Å². The van der Waals surface area contributed by atoms with E-state index in [0.717, 1.165) is 41.4 Å². The number of benzene rings is 1. The topological polar surface area (TPSA) is 93.9 Å². The van der Waals surface area contributed by atoms with Crippen LogP contribution in [0.2, 0.25) is 5.02 Å². The third-order valence-electron chi connectivity index (χ3n) is 4.47. The first-order valence-electron chi connectivity index (χ1n) is 8.40. The molecule has 0 spiro atoms. The summed E-state index contributed by atoms with van der Waals surface area (Å²) in [7, 11) is -3.63. The van der Waals surface area contributed by atoms with Gasteiger partial charge in [0.05, 0.1) is 40.1 Å². The van der Waals surface area contributed by atoms with Crippen molar-refractivity contribution in [3.8, 4) is 5.69 Å². The molecule has 0 atom stereocenters. The van der Waals surface area contributed by atoms with Gasteiger partial charge in [0, 0.05) is 16.9 Å². The van der Waals surface area contributed by atoms with E-state index in [0.29, 0.717) is 16.6 Å². The first-order valence-corrected chi connectivity index (χ1v) is 10.7. The van der Waals surface area contributed by atoms with E-state index >= 15 is 0 Å². The molecule has 3 aromatic rings. The van der Waals surface area contributed by atoms with Crippen molar-refractivity contribution in [2.24, 2.45) is 0 Å². The molecule has 1 N–H and O–H groups in total. The predicted octanol–water partition coefficient (Wildman–Crippen LogP) is 2.95. The van der Waals surface area contributed by atoms with Crippen LogP contribution in [-0.2, 0) is 10.0 Å². The van der Waals surface area contributed by atoms with Crippen LogP contribution in [0.4, 0.5) is 0 Å². The number of halogens is 1. The first kappa shape index (κ1) is 17.9. The Morgan fingerprint density at radius 2 is 2.04 bits per heavy atom. The van der Waals surface area contributed by atoms with Crippen LogP contribution in [0.5, 0.6) is 0 Å². The number of pyridine rings is 1. The standard InChI is InChI=1S/C18H17ClN4O3S/c1-10-14-7-12(18(24)22-27(2,25)26)5-6-16(14)23(21-10)13-8-15(19)17(20-9-13)11-3-4-11/h5-9,11H,3-4H2,1-2H3,(H,22,24). The van der Waals surface area contributed by atoms with Crippen molar-refractivity contribution in [2.45, 2.75) is 25.7 Å². The van der Waals surface area contributed by atoms with Gasteiger partial charge in [-0.15, -0.1) is 0 Å². The number of carbonyl (C=O) groups excluding carboxylic acids is 1. The van der Waals surface area contributed by atoms with E-state index in [1.165, 1.54) is 0 Å². The number of rotatable bonds is 4. The van der Waals surface area contributed by atoms with Gasteiger partial charge in [-0.2, -0.15) is 5.10 Å². The Morgan fingerprint density at radius 3 is 2.67 bits per heavy atom. The fourth-order valence-electron chi connectivity index (χ4n) is 3.05. The van der Waals surface area contributed by atoms with E-state index in [-0.39, 0.29) is 5.56 Å². The Bertz CT molecular complexity index is 1180. The van der Waals surface area contributed by atoms with Gasteiger partial charge in [-0.05, 0) is 44.0 Å². The van der Waals surface area contributed by atoms with Gasteiger partial charge in [0.1, 0.15) is 0 Å². The molecule has 1 fully saturated rings. The normalized spacial score (nSPS) is 14.5. The highest BCUT2D eigenvalue weighted by atomic mass is 35.5. The van der Waals surface area contributed by atoms with Gasteiger partial charge in [-0.1, -0.05) is 11.6 Å². The van der Waals surface area contributed by atoms with Crippen LogP contribution in [0.3, 0.4) is 0 Å². The van der Waals surface area contributed by atoms with Crippen LogP contribution in [0.1, 0.15) is 40.5 Å². The Kier molecular flexibility index (Phi) is 4.20. The lowest BCUT2D eigenvalue weighted by Crippen LogP contribution is -2.29. The number of aryl methyl sites for hydroxylation is 1. The highest BCUT2D eigenvalue weighted by Crippen LogP contribution is 2.42. The Hall–Kier alpha value is -2.45. The molecule has 2 aromatic heterocycles. The summed E-state index contributed by atoms with van der Waals surface area (Å²) >= 11 is 6.39. The summed E-state index contributed by atoms with van der Waals surface area (Å²) in [4.78, 5) is 16.6. The lowest BCUT2D eigenvalue weighted by Gasteiger charge is -2.07. The van der Waals surface area contributed by atoms with Gasteiger partial charge in [0.25, 0.3) is 5.91 Å². The van der Waals surface area contributed by atoms with Gasteiger partial charge in [-0.3, -0.25) is 9.78 Å². The van der Waals surface area contributed by atoms with Crippen LogP contribution in [0, 0.1) is 6.92 Å². The maximum Gasteiger partial charge on any atom is 0.264 e. The van der Waals surface area contributed by atoms with Crippen LogP contribution in [-0.4, -0.2) is 35.3 Å². The molecule has 0 saturated heterocycles. The minimum absolute atomic E-state index is 0.246. The van der Waals surface area contributed by atoms with Crippen LogP contribution in [0.25, 0.3) is 16.6 Å². The summed E-state index contributed by atoms with van der Waals surface area (Å²) in [6.07, 6.45) is 4.92. The largest absolute Gasteiger partial charge is 0.268 e. The molecule has 1 aromatic carbocycles. The van der Waals surface area contributed by atoms with E-state index in [1.807, 2.05) is 17.7 Å². The van der Waals surface area contributed by atoms with Gasteiger partial charge in [0.2, 0.25) is 10.0 Å². The molecular formula is C18H17ClN4O3S. The smallest absolute Gasteiger partial charge is 0.264 e. The molecule has 1 saturated carbocycles. The number of amides is 1. The molecule has 1 aliphatic rings. The molecule has 0 bridgehead atoms. The Morgan fingerprint density at radius 1 is 1.30 bits per heavy atom. The third kappa shape index (κ3) is 3.54. The SMILES string of the molecule is Cc1nn(-c2cnc(C3CC3)c(Cl)c2)c2ccc(C(=O)NS(C)(=O)=O)cc12. The summed E-state index contributed by atoms with van der Waals surface area (Å²) in [5.74, 6) is -0.219. The summed E-state index contributed by atoms with van der Waals surface area (Å²) in [6.45, 7) is 1.82. The van der Waals surface area contributed by atoms with Gasteiger partial charge >= 0.3 is 0 Å². The molecule has 2 heterocycles. The van der Waals surface area contributed by atoms with Crippen molar-refractivity contribution in [3.63, 3.8) is 0 Å². The molecule has 1 amide bonds. The summed E-state index contributed by atoms with van der Waals surface area (Å²) in [6, 6.07) is 6.77. The number of sulfonamides is 1. The van der Waals surface area contributed by atoms with Crippen molar-refractivity contribution in [3.05, 3.63) is 52.4 Å². The number of nitrogens with one attached hydrogen (secondary N) is 1. The average Bonchev–Trinajstić information content (AvgIpc) is 3.37. The van der Waals surface area contributed by atoms with E-state index in [2.05, 4.69) is 10.1 Å². The van der Waals surface area contributed by atoms with Gasteiger partial charge in [0.15, 0.2) is 0 Å². The summed E-state index contributed by atoms with van der Waals surface area (Å²) < 4.78 is 26.2. The molecule has 140 valence electrons. The van der Waals surface area contributed by atoms with Crippen LogP contribution in [0.15, 0.2) is 30.5 Å². The second-order valence-electron chi connectivity index (χ2n) is 6.77. The van der Waals surface area contributed by atoms with Crippen molar-refractivity contribution in [1.82, 2.24) is 19.5 Å². The number of nitrogens with zero attached hydrogens (tertiary/aromatic N) is 3. The summed E-state index contributed by atoms with van der Waals surface area (Å²) in [5.41, 5.74) is 3.39. The lowest BCUT2D eigenvalue weighted by atomic mass is 10.1. The zero-order valence-electron chi connectivity index (χ0n) is 14.7. The van der Waals surface area contributed by atoms with Crippen LogP contribution >= 0.6 is 11.6 Å². The molecule has 0 radical (unpaired) electrons. The highest BCUT2D eigenvalue weighted by molar-refractivity contribution is 7.89. The van der Waals surface area contributed by atoms with Crippen molar-refractivity contribution >= 4 is 38.4 Å². The quantitative estimate of drug-likeness (QED) is 0.721. The van der Waals surface area contributed by atoms with Crippen molar-refractivity contribution in [2.75, 3.05) is 6.26 Å². The minimum atomic E-state index is -3.63. The number of fused-ring (bicyclic) bond motifs is 1. The van der Waals surface area contributed by atoms with Crippen LogP contribution < -0.4 is 4.72 Å². The van der Waals surface area contributed by atoms with Crippen molar-refractivity contribution < 1.29 is 13.2 Å². The molecule has 0 unspecified atom stereocenters. The van der Waals surface area contributed by atoms with Gasteiger partial charge in [-0.25, -0.2) is 17.8 Å².